The molecule has 0 aliphatic rings. The molecule has 0 aliphatic heterocycles. The normalized spacial score (nSPS) is 14.2. The Morgan fingerprint density at radius 1 is 0.578 bits per heavy atom. The van der Waals surface area contributed by atoms with Crippen LogP contribution >= 0.6 is 7.82 Å². The average Bonchev–Trinajstić information content (AvgIpc) is 3.02. The van der Waals surface area contributed by atoms with Crippen LogP contribution < -0.4 is 0 Å². The van der Waals surface area contributed by atoms with E-state index in [-0.39, 0.29) is 19.4 Å². The molecule has 268 valence electrons. The molecule has 0 aromatic carbocycles. The van der Waals surface area contributed by atoms with Crippen LogP contribution in [0.5, 0.6) is 0 Å². The minimum absolute atomic E-state index is 0.190. The molecular weight excluding hydrogens is 599 g/mol. The maximum atomic E-state index is 12.4. The van der Waals surface area contributed by atoms with Crippen molar-refractivity contribution < 1.29 is 47.8 Å². The monoisotopic (exact) mass is 666 g/mol. The first-order valence-corrected chi connectivity index (χ1v) is 19.5. The summed E-state index contributed by atoms with van der Waals surface area (Å²) in [4.78, 5) is 34.1. The minimum atomic E-state index is -4.58. The number of carbonyl (C=O) groups excluding carboxylic acids is 2. The van der Waals surface area contributed by atoms with Gasteiger partial charge in [-0.1, -0.05) is 142 Å². The predicted molar refractivity (Wildman–Crippen MR) is 178 cm³/mol. The summed E-state index contributed by atoms with van der Waals surface area (Å²) in [6.07, 6.45) is 25.0. The van der Waals surface area contributed by atoms with Crippen molar-refractivity contribution in [3.8, 4) is 0 Å². The summed E-state index contributed by atoms with van der Waals surface area (Å²) in [5.74, 6) is -0.957. The van der Waals surface area contributed by atoms with Gasteiger partial charge >= 0.3 is 19.8 Å². The third-order valence-corrected chi connectivity index (χ3v) is 8.71. The average molecular weight is 667 g/mol. The Bertz CT molecular complexity index is 736. The van der Waals surface area contributed by atoms with Gasteiger partial charge in [0.05, 0.1) is 19.8 Å². The van der Waals surface area contributed by atoms with Gasteiger partial charge < -0.3 is 24.6 Å². The molecule has 3 N–H and O–H groups in total. The van der Waals surface area contributed by atoms with Crippen molar-refractivity contribution in [2.75, 3.05) is 26.4 Å². The van der Waals surface area contributed by atoms with Crippen LogP contribution in [0.25, 0.3) is 0 Å². The van der Waals surface area contributed by atoms with Crippen molar-refractivity contribution in [1.82, 2.24) is 0 Å². The lowest BCUT2D eigenvalue weighted by Gasteiger charge is -2.20. The Kier molecular flexibility index (Phi) is 30.8. The molecule has 0 saturated heterocycles. The first kappa shape index (κ1) is 44.0. The quantitative estimate of drug-likeness (QED) is 0.0348. The van der Waals surface area contributed by atoms with Gasteiger partial charge in [-0.25, -0.2) is 4.57 Å². The fourth-order valence-electron chi connectivity index (χ4n) is 4.91. The molecular formula is C34H67O10P. The van der Waals surface area contributed by atoms with Gasteiger partial charge in [0.15, 0.2) is 6.10 Å². The molecule has 0 radical (unpaired) electrons. The summed E-state index contributed by atoms with van der Waals surface area (Å²) in [7, 11) is -4.58. The van der Waals surface area contributed by atoms with E-state index in [2.05, 4.69) is 11.4 Å². The number of hydrogen-bond acceptors (Lipinski definition) is 9. The van der Waals surface area contributed by atoms with Gasteiger partial charge in [0.1, 0.15) is 12.7 Å². The lowest BCUT2D eigenvalue weighted by molar-refractivity contribution is -0.161. The summed E-state index contributed by atoms with van der Waals surface area (Å²) in [5.41, 5.74) is 0. The van der Waals surface area contributed by atoms with Crippen molar-refractivity contribution in [3.63, 3.8) is 0 Å². The number of esters is 2. The van der Waals surface area contributed by atoms with E-state index < -0.39 is 51.8 Å². The topological polar surface area (TPSA) is 149 Å². The standard InChI is InChI=1S/C34H67O10P/c1-3-5-7-8-9-10-11-12-13-14-15-16-17-18-19-20-21-22-23-24-26-34(38)44-32(29-41-33(37)25-6-4-2)30-43-45(39,40)42-28-31(36)27-35/h31-32,35-36H,3-30H2,1-2H3,(H,39,40). The Labute approximate surface area is 273 Å². The zero-order chi connectivity index (χ0) is 33.4. The van der Waals surface area contributed by atoms with Crippen LogP contribution in [0.15, 0.2) is 0 Å². The Hall–Kier alpha value is -1.03. The summed E-state index contributed by atoms with van der Waals surface area (Å²) in [5, 5.41) is 18.1. The van der Waals surface area contributed by atoms with Crippen molar-refractivity contribution in [2.45, 2.75) is 180 Å². The molecule has 0 fully saturated rings. The summed E-state index contributed by atoms with van der Waals surface area (Å²) in [6, 6.07) is 0. The molecule has 0 heterocycles. The van der Waals surface area contributed by atoms with E-state index in [4.69, 9.17) is 19.1 Å². The fourth-order valence-corrected chi connectivity index (χ4v) is 5.70. The van der Waals surface area contributed by atoms with Gasteiger partial charge in [-0.3, -0.25) is 18.6 Å². The Morgan fingerprint density at radius 2 is 0.978 bits per heavy atom. The summed E-state index contributed by atoms with van der Waals surface area (Å²) >= 11 is 0. The fraction of sp³-hybridized carbons (Fsp3) is 0.941. The molecule has 0 spiro atoms. The van der Waals surface area contributed by atoms with Crippen LogP contribution in [0.4, 0.5) is 0 Å². The second-order valence-electron chi connectivity index (χ2n) is 12.3. The predicted octanol–water partition coefficient (Wildman–Crippen LogP) is 8.33. The van der Waals surface area contributed by atoms with Gasteiger partial charge in [-0.05, 0) is 12.8 Å². The molecule has 3 atom stereocenters. The highest BCUT2D eigenvalue weighted by Gasteiger charge is 2.27. The highest BCUT2D eigenvalue weighted by molar-refractivity contribution is 7.47. The van der Waals surface area contributed by atoms with Crippen molar-refractivity contribution >= 4 is 19.8 Å². The number of carbonyl (C=O) groups is 2. The number of phosphoric ester groups is 1. The van der Waals surface area contributed by atoms with Gasteiger partial charge in [-0.2, -0.15) is 0 Å². The minimum Gasteiger partial charge on any atom is -0.462 e. The number of unbranched alkanes of at least 4 members (excludes halogenated alkanes) is 20. The van der Waals surface area contributed by atoms with E-state index >= 15 is 0 Å². The summed E-state index contributed by atoms with van der Waals surface area (Å²) in [6.45, 7) is 2.11. The Balaban J connectivity index is 3.97. The molecule has 45 heavy (non-hydrogen) atoms. The molecule has 0 aliphatic carbocycles. The largest absolute Gasteiger partial charge is 0.472 e. The van der Waals surface area contributed by atoms with Crippen LogP contribution in [0.2, 0.25) is 0 Å². The zero-order valence-corrected chi connectivity index (χ0v) is 29.5. The van der Waals surface area contributed by atoms with E-state index in [0.29, 0.717) is 12.8 Å². The molecule has 0 rings (SSSR count). The van der Waals surface area contributed by atoms with E-state index in [0.717, 1.165) is 25.7 Å². The highest BCUT2D eigenvalue weighted by Crippen LogP contribution is 2.43. The number of rotatable bonds is 34. The lowest BCUT2D eigenvalue weighted by Crippen LogP contribution is -2.29. The van der Waals surface area contributed by atoms with Crippen molar-refractivity contribution in [3.05, 3.63) is 0 Å². The van der Waals surface area contributed by atoms with Crippen LogP contribution in [0.1, 0.15) is 168 Å². The third-order valence-electron chi connectivity index (χ3n) is 7.76. The number of aliphatic hydroxyl groups excluding tert-OH is 2. The maximum absolute atomic E-state index is 12.4. The molecule has 0 bridgehead atoms. The van der Waals surface area contributed by atoms with Crippen molar-refractivity contribution in [2.24, 2.45) is 0 Å². The number of ether oxygens (including phenoxy) is 2. The molecule has 11 heteroatoms. The SMILES string of the molecule is CCCCCCCCCCCCCCCCCCCCCCC(=O)OC(COC(=O)CCCC)COP(=O)(O)OCC(O)CO. The molecule has 3 unspecified atom stereocenters. The molecule has 0 saturated carbocycles. The van der Waals surface area contributed by atoms with E-state index in [1.54, 1.807) is 0 Å². The smallest absolute Gasteiger partial charge is 0.462 e. The highest BCUT2D eigenvalue weighted by atomic mass is 31.2. The number of phosphoric acid groups is 1. The molecule has 0 aromatic rings. The Morgan fingerprint density at radius 3 is 1.42 bits per heavy atom. The second-order valence-corrected chi connectivity index (χ2v) is 13.7. The molecule has 10 nitrogen and oxygen atoms in total. The first-order chi connectivity index (χ1) is 21.7. The molecule has 0 amide bonds. The van der Waals surface area contributed by atoms with Gasteiger partial charge in [0.2, 0.25) is 0 Å². The maximum Gasteiger partial charge on any atom is 0.472 e. The number of aliphatic hydroxyl groups is 2. The second kappa shape index (κ2) is 31.6. The van der Waals surface area contributed by atoms with Crippen LogP contribution in [0, 0.1) is 0 Å². The first-order valence-electron chi connectivity index (χ1n) is 18.0. The lowest BCUT2D eigenvalue weighted by atomic mass is 10.0. The zero-order valence-electron chi connectivity index (χ0n) is 28.6. The van der Waals surface area contributed by atoms with Crippen LogP contribution in [-0.4, -0.2) is 65.7 Å². The number of hydrogen-bond donors (Lipinski definition) is 3. The molecule has 0 aromatic heterocycles. The van der Waals surface area contributed by atoms with Crippen LogP contribution in [0.3, 0.4) is 0 Å². The van der Waals surface area contributed by atoms with Gasteiger partial charge in [-0.15, -0.1) is 0 Å². The third kappa shape index (κ3) is 31.3. The van der Waals surface area contributed by atoms with E-state index in [1.807, 2.05) is 6.92 Å². The van der Waals surface area contributed by atoms with Crippen molar-refractivity contribution in [1.29, 1.82) is 0 Å². The van der Waals surface area contributed by atoms with Crippen LogP contribution in [-0.2, 0) is 32.7 Å². The van der Waals surface area contributed by atoms with Gasteiger partial charge in [0, 0.05) is 12.8 Å². The van der Waals surface area contributed by atoms with E-state index in [1.165, 1.54) is 103 Å². The van der Waals surface area contributed by atoms with E-state index in [9.17, 15) is 24.2 Å². The summed E-state index contributed by atoms with van der Waals surface area (Å²) < 4.78 is 32.1. The van der Waals surface area contributed by atoms with Gasteiger partial charge in [0.25, 0.3) is 0 Å².